The summed E-state index contributed by atoms with van der Waals surface area (Å²) in [5, 5.41) is 11.7. The average Bonchev–Trinajstić information content (AvgIpc) is 2.96. The fourth-order valence-electron chi connectivity index (χ4n) is 2.80. The zero-order chi connectivity index (χ0) is 19.1. The fraction of sp³-hybridized carbons (Fsp3) is 0.250. The number of halogens is 4. The van der Waals surface area contributed by atoms with Gasteiger partial charge < -0.3 is 19.7 Å². The molecule has 26 heavy (non-hydrogen) atoms. The molecule has 0 fully saturated rings. The van der Waals surface area contributed by atoms with Gasteiger partial charge in [-0.3, -0.25) is 9.59 Å². The minimum absolute atomic E-state index is 0.136. The molecule has 10 heteroatoms. The Balaban J connectivity index is 2.02. The number of nitrogens with zero attached hydrogens (tertiary/aromatic N) is 1. The Kier molecular flexibility index (Phi) is 4.57. The molecule has 1 unspecified atom stereocenters. The summed E-state index contributed by atoms with van der Waals surface area (Å²) in [5.74, 6) is -1.89. The van der Waals surface area contributed by atoms with Crippen LogP contribution in [-0.2, 0) is 4.79 Å². The van der Waals surface area contributed by atoms with Crippen LogP contribution in [0.15, 0.2) is 30.5 Å². The highest BCUT2D eigenvalue weighted by Crippen LogP contribution is 2.36. The molecule has 0 spiro atoms. The lowest BCUT2D eigenvalue weighted by atomic mass is 10.1. The SMILES string of the molecule is O=C(O)CC1CNC(=O)c2cc(-c3cc(OC(F)(F)F)ccc3Cl)cn21. The number of carbonyl (C=O) groups excluding carboxylic acids is 1. The van der Waals surface area contributed by atoms with Crippen molar-refractivity contribution >= 4 is 23.5 Å². The fourth-order valence-corrected chi connectivity index (χ4v) is 3.03. The molecule has 1 amide bonds. The molecule has 1 aliphatic heterocycles. The predicted molar refractivity (Wildman–Crippen MR) is 85.2 cm³/mol. The number of nitrogens with one attached hydrogen (secondary N) is 1. The van der Waals surface area contributed by atoms with Crippen LogP contribution < -0.4 is 10.1 Å². The van der Waals surface area contributed by atoms with Crippen LogP contribution in [0.1, 0.15) is 23.0 Å². The van der Waals surface area contributed by atoms with E-state index in [0.717, 1.165) is 12.1 Å². The molecule has 1 aromatic carbocycles. The Morgan fingerprint density at radius 3 is 2.77 bits per heavy atom. The van der Waals surface area contributed by atoms with E-state index in [2.05, 4.69) is 10.1 Å². The maximum absolute atomic E-state index is 12.4. The van der Waals surface area contributed by atoms with E-state index in [9.17, 15) is 22.8 Å². The molecule has 1 atom stereocenters. The lowest BCUT2D eigenvalue weighted by molar-refractivity contribution is -0.274. The summed E-state index contributed by atoms with van der Waals surface area (Å²) in [6.07, 6.45) is -3.57. The van der Waals surface area contributed by atoms with E-state index in [0.29, 0.717) is 5.56 Å². The molecule has 2 N–H and O–H groups in total. The highest BCUT2D eigenvalue weighted by Gasteiger charge is 2.32. The van der Waals surface area contributed by atoms with E-state index >= 15 is 0 Å². The Hall–Kier alpha value is -2.68. The van der Waals surface area contributed by atoms with Gasteiger partial charge in [0.2, 0.25) is 0 Å². The number of amides is 1. The maximum Gasteiger partial charge on any atom is 0.573 e. The summed E-state index contributed by atoms with van der Waals surface area (Å²) in [7, 11) is 0. The van der Waals surface area contributed by atoms with Crippen LogP contribution in [-0.4, -0.2) is 34.5 Å². The second-order valence-corrected chi connectivity index (χ2v) is 6.08. The Morgan fingerprint density at radius 1 is 1.38 bits per heavy atom. The van der Waals surface area contributed by atoms with Gasteiger partial charge in [0, 0.05) is 28.9 Å². The van der Waals surface area contributed by atoms with Crippen molar-refractivity contribution in [3.05, 3.63) is 41.2 Å². The zero-order valence-corrected chi connectivity index (χ0v) is 13.8. The lowest BCUT2D eigenvalue weighted by Crippen LogP contribution is -2.39. The topological polar surface area (TPSA) is 80.6 Å². The van der Waals surface area contributed by atoms with Crippen molar-refractivity contribution in [3.63, 3.8) is 0 Å². The third-order valence-corrected chi connectivity index (χ3v) is 4.20. The number of benzene rings is 1. The standard InChI is InChI=1S/C16H12ClF3N2O4/c17-12-2-1-10(26-16(18,19)20)5-11(12)8-3-13-15(25)21-6-9(4-14(23)24)22(13)7-8/h1-3,5,7,9H,4,6H2,(H,21,25)(H,23,24). The molecule has 6 nitrogen and oxygen atoms in total. The molecule has 0 saturated heterocycles. The van der Waals surface area contributed by atoms with Gasteiger partial charge >= 0.3 is 12.3 Å². The minimum atomic E-state index is -4.85. The van der Waals surface area contributed by atoms with Crippen LogP contribution >= 0.6 is 11.6 Å². The molecule has 0 saturated carbocycles. The summed E-state index contributed by atoms with van der Waals surface area (Å²) < 4.78 is 42.6. The number of ether oxygens (including phenoxy) is 1. The van der Waals surface area contributed by atoms with Crippen LogP contribution in [0.2, 0.25) is 5.02 Å². The Bertz CT molecular complexity index is 879. The van der Waals surface area contributed by atoms with E-state index in [4.69, 9.17) is 16.7 Å². The second kappa shape index (κ2) is 6.56. The molecule has 0 bridgehead atoms. The van der Waals surface area contributed by atoms with Crippen molar-refractivity contribution < 1.29 is 32.6 Å². The first-order valence-electron chi connectivity index (χ1n) is 7.41. The van der Waals surface area contributed by atoms with Gasteiger partial charge in [-0.05, 0) is 24.3 Å². The highest BCUT2D eigenvalue weighted by molar-refractivity contribution is 6.33. The Labute approximate surface area is 150 Å². The number of rotatable bonds is 4. The minimum Gasteiger partial charge on any atom is -0.481 e. The number of fused-ring (bicyclic) bond motifs is 1. The van der Waals surface area contributed by atoms with Crippen molar-refractivity contribution in [1.29, 1.82) is 0 Å². The van der Waals surface area contributed by atoms with Gasteiger partial charge in [0.1, 0.15) is 11.4 Å². The lowest BCUT2D eigenvalue weighted by Gasteiger charge is -2.25. The van der Waals surface area contributed by atoms with Crippen molar-refractivity contribution in [2.45, 2.75) is 18.8 Å². The molecule has 0 radical (unpaired) electrons. The first-order valence-corrected chi connectivity index (χ1v) is 7.79. The number of aliphatic carboxylic acids is 1. The molecule has 2 heterocycles. The number of hydrogen-bond donors (Lipinski definition) is 2. The van der Waals surface area contributed by atoms with Gasteiger partial charge in [-0.1, -0.05) is 11.6 Å². The largest absolute Gasteiger partial charge is 0.573 e. The smallest absolute Gasteiger partial charge is 0.481 e. The highest BCUT2D eigenvalue weighted by atomic mass is 35.5. The first-order chi connectivity index (χ1) is 12.1. The summed E-state index contributed by atoms with van der Waals surface area (Å²) in [6, 6.07) is 4.38. The van der Waals surface area contributed by atoms with Crippen molar-refractivity contribution in [2.24, 2.45) is 0 Å². The molecule has 1 aliphatic rings. The van der Waals surface area contributed by atoms with Gasteiger partial charge in [-0.2, -0.15) is 0 Å². The molecule has 1 aromatic heterocycles. The van der Waals surface area contributed by atoms with Crippen molar-refractivity contribution in [3.8, 4) is 16.9 Å². The van der Waals surface area contributed by atoms with E-state index in [-0.39, 0.29) is 29.2 Å². The van der Waals surface area contributed by atoms with Gasteiger partial charge in [-0.15, -0.1) is 13.2 Å². The van der Waals surface area contributed by atoms with Gasteiger partial charge in [-0.25, -0.2) is 0 Å². The van der Waals surface area contributed by atoms with Crippen molar-refractivity contribution in [2.75, 3.05) is 6.54 Å². The molecule has 3 rings (SSSR count). The van der Waals surface area contributed by atoms with Crippen LogP contribution in [0.3, 0.4) is 0 Å². The van der Waals surface area contributed by atoms with Crippen LogP contribution in [0.25, 0.3) is 11.1 Å². The van der Waals surface area contributed by atoms with Crippen molar-refractivity contribution in [1.82, 2.24) is 9.88 Å². The third-order valence-electron chi connectivity index (χ3n) is 3.87. The van der Waals surface area contributed by atoms with E-state index in [1.165, 1.54) is 22.9 Å². The second-order valence-electron chi connectivity index (χ2n) is 5.67. The average molecular weight is 389 g/mol. The number of carboxylic acid groups (broad SMARTS) is 1. The summed E-state index contributed by atoms with van der Waals surface area (Å²) >= 11 is 6.08. The summed E-state index contributed by atoms with van der Waals surface area (Å²) in [6.45, 7) is 0.136. The van der Waals surface area contributed by atoms with Gasteiger partial charge in [0.05, 0.1) is 12.5 Å². The predicted octanol–water partition coefficient (Wildman–Crippen LogP) is 3.47. The number of carboxylic acids is 1. The zero-order valence-electron chi connectivity index (χ0n) is 13.0. The van der Waals surface area contributed by atoms with Crippen LogP contribution in [0.4, 0.5) is 13.2 Å². The molecule has 2 aromatic rings. The van der Waals surface area contributed by atoms with Gasteiger partial charge in [0.25, 0.3) is 5.91 Å². The maximum atomic E-state index is 12.4. The number of alkyl halides is 3. The molecular weight excluding hydrogens is 377 g/mol. The normalized spacial score (nSPS) is 16.8. The summed E-state index contributed by atoms with van der Waals surface area (Å²) in [4.78, 5) is 23.0. The molecule has 138 valence electrons. The number of hydrogen-bond acceptors (Lipinski definition) is 3. The van der Waals surface area contributed by atoms with Crippen LogP contribution in [0, 0.1) is 0 Å². The van der Waals surface area contributed by atoms with E-state index in [1.807, 2.05) is 0 Å². The first kappa shape index (κ1) is 18.1. The third kappa shape index (κ3) is 3.77. The van der Waals surface area contributed by atoms with E-state index < -0.39 is 30.0 Å². The van der Waals surface area contributed by atoms with E-state index in [1.54, 1.807) is 0 Å². The van der Waals surface area contributed by atoms with Crippen LogP contribution in [0.5, 0.6) is 5.75 Å². The summed E-state index contributed by atoms with van der Waals surface area (Å²) in [5.41, 5.74) is 0.818. The molecular formula is C16H12ClF3N2O4. The Morgan fingerprint density at radius 2 is 2.12 bits per heavy atom. The number of aromatic nitrogens is 1. The quantitative estimate of drug-likeness (QED) is 0.840. The molecule has 0 aliphatic carbocycles. The van der Waals surface area contributed by atoms with Gasteiger partial charge in [0.15, 0.2) is 0 Å². The number of carbonyl (C=O) groups is 2. The monoisotopic (exact) mass is 388 g/mol.